The first-order valence-electron chi connectivity index (χ1n) is 7.95. The molecule has 0 saturated carbocycles. The summed E-state index contributed by atoms with van der Waals surface area (Å²) in [4.78, 5) is 24.9. The van der Waals surface area contributed by atoms with Crippen molar-refractivity contribution in [3.63, 3.8) is 0 Å². The first-order chi connectivity index (χ1) is 11.5. The summed E-state index contributed by atoms with van der Waals surface area (Å²) in [6.45, 7) is 3.03. The Morgan fingerprint density at radius 3 is 2.04 bits per heavy atom. The molecule has 2 rings (SSSR count). The second kappa shape index (κ2) is 8.15. The highest BCUT2D eigenvalue weighted by Crippen LogP contribution is 2.11. The maximum Gasteiger partial charge on any atom is 0.312 e. The average molecular weight is 325 g/mol. The van der Waals surface area contributed by atoms with Gasteiger partial charge in [-0.1, -0.05) is 43.3 Å². The van der Waals surface area contributed by atoms with E-state index in [1.165, 1.54) is 5.56 Å². The van der Waals surface area contributed by atoms with Crippen LogP contribution in [0.4, 0.5) is 4.79 Å². The number of primary amides is 1. The fraction of sp³-hybridized carbons (Fsp3) is 0.263. The summed E-state index contributed by atoms with van der Waals surface area (Å²) in [5.41, 5.74) is 8.93. The van der Waals surface area contributed by atoms with Gasteiger partial charge in [-0.15, -0.1) is 0 Å². The number of rotatable bonds is 6. The normalized spacial score (nSPS) is 10.2. The summed E-state index contributed by atoms with van der Waals surface area (Å²) in [7, 11) is 1.79. The van der Waals surface area contributed by atoms with Crippen LogP contribution < -0.4 is 11.1 Å². The Hall–Kier alpha value is -2.82. The largest absolute Gasteiger partial charge is 0.352 e. The highest BCUT2D eigenvalue weighted by Gasteiger charge is 2.12. The van der Waals surface area contributed by atoms with Crippen LogP contribution in [0, 0.1) is 0 Å². The van der Waals surface area contributed by atoms with E-state index in [0.717, 1.165) is 17.5 Å². The van der Waals surface area contributed by atoms with Gasteiger partial charge in [-0.05, 0) is 35.2 Å². The summed E-state index contributed by atoms with van der Waals surface area (Å²) in [6.07, 6.45) is 1.01. The van der Waals surface area contributed by atoms with Crippen molar-refractivity contribution < 1.29 is 9.59 Å². The Morgan fingerprint density at radius 1 is 0.958 bits per heavy atom. The number of carbonyl (C=O) groups is 2. The lowest BCUT2D eigenvalue weighted by Crippen LogP contribution is -2.28. The van der Waals surface area contributed by atoms with Gasteiger partial charge in [0.25, 0.3) is 5.91 Å². The fourth-order valence-corrected chi connectivity index (χ4v) is 2.40. The van der Waals surface area contributed by atoms with Gasteiger partial charge in [-0.2, -0.15) is 0 Å². The zero-order chi connectivity index (χ0) is 17.5. The maximum absolute atomic E-state index is 12.5. The van der Waals surface area contributed by atoms with E-state index in [-0.39, 0.29) is 5.91 Å². The Morgan fingerprint density at radius 2 is 1.50 bits per heavy atom. The molecule has 3 amide bonds. The minimum atomic E-state index is -0.566. The van der Waals surface area contributed by atoms with Gasteiger partial charge in [0.05, 0.1) is 0 Å². The quantitative estimate of drug-likeness (QED) is 0.857. The number of hydrogen-bond acceptors (Lipinski definition) is 2. The Bertz CT molecular complexity index is 694. The van der Waals surface area contributed by atoms with E-state index < -0.39 is 6.03 Å². The molecule has 2 aromatic rings. The Balaban J connectivity index is 1.97. The van der Waals surface area contributed by atoms with E-state index >= 15 is 0 Å². The number of carbonyl (C=O) groups excluding carboxylic acids is 2. The topological polar surface area (TPSA) is 75.4 Å². The molecule has 0 bridgehead atoms. The number of amides is 3. The van der Waals surface area contributed by atoms with Crippen molar-refractivity contribution in [2.45, 2.75) is 26.4 Å². The van der Waals surface area contributed by atoms with Crippen molar-refractivity contribution in [2.24, 2.45) is 5.73 Å². The van der Waals surface area contributed by atoms with Crippen molar-refractivity contribution in [3.8, 4) is 0 Å². The van der Waals surface area contributed by atoms with Gasteiger partial charge < -0.3 is 16.0 Å². The number of nitrogens with one attached hydrogen (secondary N) is 1. The van der Waals surface area contributed by atoms with Crippen LogP contribution in [0.2, 0.25) is 0 Å². The second-order valence-electron chi connectivity index (χ2n) is 5.75. The Kier molecular flexibility index (Phi) is 5.95. The first-order valence-corrected chi connectivity index (χ1v) is 7.95. The molecule has 24 heavy (non-hydrogen) atoms. The van der Waals surface area contributed by atoms with Crippen LogP contribution in [-0.2, 0) is 19.5 Å². The van der Waals surface area contributed by atoms with Crippen molar-refractivity contribution in [3.05, 3.63) is 70.8 Å². The number of hydrogen-bond donors (Lipinski definition) is 2. The van der Waals surface area contributed by atoms with Gasteiger partial charge in [0, 0.05) is 25.7 Å². The number of urea groups is 1. The summed E-state index contributed by atoms with van der Waals surface area (Å²) < 4.78 is 0. The predicted octanol–water partition coefficient (Wildman–Crippen LogP) is 2.69. The van der Waals surface area contributed by atoms with E-state index in [4.69, 9.17) is 5.73 Å². The SMILES string of the molecule is CCc1ccc(CN(C)C(=O)c2ccc(CNC(N)=O)cc2)cc1. The average Bonchev–Trinajstić information content (AvgIpc) is 2.60. The highest BCUT2D eigenvalue weighted by molar-refractivity contribution is 5.94. The molecule has 0 aliphatic rings. The minimum Gasteiger partial charge on any atom is -0.352 e. The van der Waals surface area contributed by atoms with Gasteiger partial charge in [-0.25, -0.2) is 4.79 Å². The van der Waals surface area contributed by atoms with Crippen LogP contribution >= 0.6 is 0 Å². The molecular weight excluding hydrogens is 302 g/mol. The molecule has 0 atom stereocenters. The third kappa shape index (κ3) is 4.84. The number of nitrogens with two attached hydrogens (primary N) is 1. The number of aryl methyl sites for hydroxylation is 1. The summed E-state index contributed by atoms with van der Waals surface area (Å²) in [5.74, 6) is -0.0380. The molecule has 0 saturated heterocycles. The molecule has 5 nitrogen and oxygen atoms in total. The fourth-order valence-electron chi connectivity index (χ4n) is 2.40. The molecule has 0 heterocycles. The molecule has 5 heteroatoms. The third-order valence-corrected chi connectivity index (χ3v) is 3.87. The molecule has 0 aliphatic carbocycles. The van der Waals surface area contributed by atoms with Crippen LogP contribution in [-0.4, -0.2) is 23.9 Å². The number of benzene rings is 2. The molecule has 0 aromatic heterocycles. The zero-order valence-corrected chi connectivity index (χ0v) is 14.1. The van der Waals surface area contributed by atoms with Crippen LogP contribution in [0.3, 0.4) is 0 Å². The smallest absolute Gasteiger partial charge is 0.312 e. The minimum absolute atomic E-state index is 0.0380. The van der Waals surface area contributed by atoms with Gasteiger partial charge in [0.2, 0.25) is 0 Å². The van der Waals surface area contributed by atoms with Crippen molar-refractivity contribution in [1.29, 1.82) is 0 Å². The summed E-state index contributed by atoms with van der Waals surface area (Å²) in [6, 6.07) is 14.9. The summed E-state index contributed by atoms with van der Waals surface area (Å²) in [5, 5.41) is 2.52. The molecule has 0 unspecified atom stereocenters. The van der Waals surface area contributed by atoms with Crippen LogP contribution in [0.5, 0.6) is 0 Å². The molecule has 2 aromatic carbocycles. The molecule has 0 fully saturated rings. The first kappa shape index (κ1) is 17.5. The van der Waals surface area contributed by atoms with Gasteiger partial charge >= 0.3 is 6.03 Å². The van der Waals surface area contributed by atoms with Crippen molar-refractivity contribution >= 4 is 11.9 Å². The monoisotopic (exact) mass is 325 g/mol. The van der Waals surface area contributed by atoms with Gasteiger partial charge in [0.15, 0.2) is 0 Å². The van der Waals surface area contributed by atoms with Gasteiger partial charge in [0.1, 0.15) is 0 Å². The van der Waals surface area contributed by atoms with E-state index in [0.29, 0.717) is 18.7 Å². The molecule has 3 N–H and O–H groups in total. The standard InChI is InChI=1S/C19H23N3O2/c1-3-14-4-6-16(7-5-14)13-22(2)18(23)17-10-8-15(9-11-17)12-21-19(20)24/h4-11H,3,12-13H2,1-2H3,(H3,20,21,24). The van der Waals surface area contributed by atoms with Gasteiger partial charge in [-0.3, -0.25) is 4.79 Å². The van der Waals surface area contributed by atoms with Crippen LogP contribution in [0.15, 0.2) is 48.5 Å². The lowest BCUT2D eigenvalue weighted by atomic mass is 10.1. The second-order valence-corrected chi connectivity index (χ2v) is 5.75. The molecule has 0 aliphatic heterocycles. The molecule has 126 valence electrons. The van der Waals surface area contributed by atoms with E-state index in [9.17, 15) is 9.59 Å². The molecular formula is C19H23N3O2. The van der Waals surface area contributed by atoms with E-state index in [1.807, 2.05) is 12.1 Å². The highest BCUT2D eigenvalue weighted by atomic mass is 16.2. The zero-order valence-electron chi connectivity index (χ0n) is 14.1. The predicted molar refractivity (Wildman–Crippen MR) is 94.5 cm³/mol. The maximum atomic E-state index is 12.5. The van der Waals surface area contributed by atoms with Crippen LogP contribution in [0.25, 0.3) is 0 Å². The third-order valence-electron chi connectivity index (χ3n) is 3.87. The molecule has 0 radical (unpaired) electrons. The lowest BCUT2D eigenvalue weighted by molar-refractivity contribution is 0.0785. The van der Waals surface area contributed by atoms with Crippen molar-refractivity contribution in [1.82, 2.24) is 10.2 Å². The van der Waals surface area contributed by atoms with E-state index in [2.05, 4.69) is 36.5 Å². The van der Waals surface area contributed by atoms with Crippen LogP contribution in [0.1, 0.15) is 34.0 Å². The summed E-state index contributed by atoms with van der Waals surface area (Å²) >= 11 is 0. The lowest BCUT2D eigenvalue weighted by Gasteiger charge is -2.18. The van der Waals surface area contributed by atoms with Crippen molar-refractivity contribution in [2.75, 3.05) is 7.05 Å². The molecule has 0 spiro atoms. The number of nitrogens with zero attached hydrogens (tertiary/aromatic N) is 1. The van der Waals surface area contributed by atoms with E-state index in [1.54, 1.807) is 24.1 Å². The Labute approximate surface area is 142 Å².